The second-order valence-corrected chi connectivity index (χ2v) is 11.2. The fourth-order valence-electron chi connectivity index (χ4n) is 3.46. The predicted octanol–water partition coefficient (Wildman–Crippen LogP) is 2.35. The normalized spacial score (nSPS) is 15.1. The fraction of sp³-hybridized carbons (Fsp3) is 0.304. The second kappa shape index (κ2) is 9.74. The van der Waals surface area contributed by atoms with Crippen molar-refractivity contribution < 1.29 is 23.1 Å². The van der Waals surface area contributed by atoms with Gasteiger partial charge < -0.3 is 15.6 Å². The number of amidine groups is 1. The molecule has 0 fully saturated rings. The van der Waals surface area contributed by atoms with Gasteiger partial charge in [0.15, 0.2) is 17.7 Å². The lowest BCUT2D eigenvalue weighted by molar-refractivity contribution is -0.123. The van der Waals surface area contributed by atoms with Crippen molar-refractivity contribution in [1.82, 2.24) is 14.5 Å². The van der Waals surface area contributed by atoms with E-state index in [0.29, 0.717) is 11.3 Å². The summed E-state index contributed by atoms with van der Waals surface area (Å²) in [5.41, 5.74) is 4.42. The van der Waals surface area contributed by atoms with Crippen LogP contribution in [0, 0.1) is 5.92 Å². The van der Waals surface area contributed by atoms with Gasteiger partial charge in [-0.05, 0) is 42.8 Å². The molecule has 4 rings (SSSR count). The maximum atomic E-state index is 13.4. The van der Waals surface area contributed by atoms with Crippen molar-refractivity contribution in [2.24, 2.45) is 16.6 Å². The highest BCUT2D eigenvalue weighted by Gasteiger charge is 2.32. The van der Waals surface area contributed by atoms with Gasteiger partial charge in [0.1, 0.15) is 21.9 Å². The van der Waals surface area contributed by atoms with Crippen LogP contribution in [0.5, 0.6) is 11.5 Å². The number of aryl methyl sites for hydroxylation is 1. The molecule has 1 aromatic carbocycles. The Kier molecular flexibility index (Phi) is 6.87. The highest BCUT2D eigenvalue weighted by molar-refractivity contribution is 7.90. The number of hydrogen-bond donors (Lipinski definition) is 3. The zero-order valence-electron chi connectivity index (χ0n) is 19.8. The summed E-state index contributed by atoms with van der Waals surface area (Å²) < 4.78 is 35.1. The number of sulfonamides is 1. The number of ether oxygens (including phenoxy) is 1. The van der Waals surface area contributed by atoms with E-state index in [9.17, 15) is 23.1 Å². The topological polar surface area (TPSA) is 166 Å². The molecule has 0 bridgehead atoms. The zero-order valence-corrected chi connectivity index (χ0v) is 21.4. The number of carbonyl (C=O) groups excluding carboxylic acids is 1. The molecule has 3 aromatic rings. The summed E-state index contributed by atoms with van der Waals surface area (Å²) in [6.45, 7) is 5.72. The summed E-state index contributed by atoms with van der Waals surface area (Å²) >= 11 is 1.32. The Morgan fingerprint density at radius 1 is 1.28 bits per heavy atom. The third kappa shape index (κ3) is 4.97. The van der Waals surface area contributed by atoms with Gasteiger partial charge in [0, 0.05) is 12.6 Å². The molecular weight excluding hydrogens is 506 g/mol. The first-order valence-electron chi connectivity index (χ1n) is 11.1. The molecular formula is C23H25N5O6S2. The van der Waals surface area contributed by atoms with Crippen molar-refractivity contribution in [2.45, 2.75) is 44.7 Å². The van der Waals surface area contributed by atoms with Crippen LogP contribution in [0.1, 0.15) is 32.8 Å². The third-order valence-electron chi connectivity index (χ3n) is 5.44. The Hall–Kier alpha value is -3.71. The van der Waals surface area contributed by atoms with Gasteiger partial charge in [-0.1, -0.05) is 19.9 Å². The molecule has 0 saturated heterocycles. The van der Waals surface area contributed by atoms with Gasteiger partial charge in [0.25, 0.3) is 21.5 Å². The van der Waals surface area contributed by atoms with Crippen LogP contribution < -0.4 is 20.8 Å². The SMILES string of the molecule is CC(C)CCn1nc(-c2cccs2)c(O)c(C2=Nc3ccc(OC(C)C(N)=O)cc3S(=O)(=O)N2)c1=O. The highest BCUT2D eigenvalue weighted by Crippen LogP contribution is 2.36. The smallest absolute Gasteiger partial charge is 0.281 e. The van der Waals surface area contributed by atoms with E-state index in [2.05, 4.69) is 14.8 Å². The summed E-state index contributed by atoms with van der Waals surface area (Å²) in [7, 11) is -4.21. The lowest BCUT2D eigenvalue weighted by Crippen LogP contribution is -2.39. The molecule has 13 heteroatoms. The standard InChI is InChI=1S/C23H25N5O6S2/c1-12(2)8-9-28-23(31)18(20(29)19(26-28)16-5-4-10-35-16)22-25-15-7-6-14(34-13(3)21(24)30)11-17(15)36(32,33)27-22/h4-7,10-13,29H,8-9H2,1-3H3,(H2,24,30)(H,25,27). The van der Waals surface area contributed by atoms with Crippen molar-refractivity contribution in [2.75, 3.05) is 0 Å². The molecule has 1 atom stereocenters. The Morgan fingerprint density at radius 2 is 2.03 bits per heavy atom. The monoisotopic (exact) mass is 531 g/mol. The van der Waals surface area contributed by atoms with E-state index >= 15 is 0 Å². The van der Waals surface area contributed by atoms with E-state index in [-0.39, 0.29) is 45.9 Å². The number of nitrogens with zero attached hydrogens (tertiary/aromatic N) is 3. The van der Waals surface area contributed by atoms with Crippen molar-refractivity contribution in [3.8, 4) is 22.1 Å². The molecule has 1 aliphatic rings. The van der Waals surface area contributed by atoms with E-state index < -0.39 is 33.3 Å². The summed E-state index contributed by atoms with van der Waals surface area (Å²) in [4.78, 5) is 29.4. The Morgan fingerprint density at radius 3 is 2.67 bits per heavy atom. The van der Waals surface area contributed by atoms with Crippen molar-refractivity contribution in [1.29, 1.82) is 0 Å². The summed E-state index contributed by atoms with van der Waals surface area (Å²) in [6.07, 6.45) is -0.329. The van der Waals surface area contributed by atoms with E-state index in [1.165, 1.54) is 41.1 Å². The Balaban J connectivity index is 1.86. The van der Waals surface area contributed by atoms with Crippen LogP contribution in [0.4, 0.5) is 5.69 Å². The van der Waals surface area contributed by atoms with E-state index in [1.807, 2.05) is 13.8 Å². The number of aromatic hydroxyl groups is 1. The van der Waals surface area contributed by atoms with Crippen molar-refractivity contribution >= 4 is 38.8 Å². The van der Waals surface area contributed by atoms with E-state index in [1.54, 1.807) is 17.5 Å². The minimum absolute atomic E-state index is 0.0323. The number of nitrogens with two attached hydrogens (primary N) is 1. The lowest BCUT2D eigenvalue weighted by Gasteiger charge is -2.21. The molecule has 1 amide bonds. The summed E-state index contributed by atoms with van der Waals surface area (Å²) in [5, 5.41) is 17.2. The van der Waals surface area contributed by atoms with Crippen LogP contribution in [0.15, 0.2) is 50.4 Å². The van der Waals surface area contributed by atoms with Gasteiger partial charge in [-0.2, -0.15) is 5.10 Å². The van der Waals surface area contributed by atoms with Gasteiger partial charge >= 0.3 is 0 Å². The van der Waals surface area contributed by atoms with E-state index in [4.69, 9.17) is 10.5 Å². The molecule has 190 valence electrons. The minimum atomic E-state index is -4.21. The molecule has 0 aliphatic carbocycles. The van der Waals surface area contributed by atoms with E-state index in [0.717, 1.165) is 0 Å². The average molecular weight is 532 g/mol. The van der Waals surface area contributed by atoms with Crippen LogP contribution in [0.3, 0.4) is 0 Å². The number of benzene rings is 1. The number of fused-ring (bicyclic) bond motifs is 1. The molecule has 0 radical (unpaired) electrons. The molecule has 36 heavy (non-hydrogen) atoms. The molecule has 3 heterocycles. The van der Waals surface area contributed by atoms with Crippen LogP contribution >= 0.6 is 11.3 Å². The molecule has 1 unspecified atom stereocenters. The summed E-state index contributed by atoms with van der Waals surface area (Å²) in [6, 6.07) is 7.55. The molecule has 11 nitrogen and oxygen atoms in total. The lowest BCUT2D eigenvalue weighted by atomic mass is 10.1. The van der Waals surface area contributed by atoms with Crippen LogP contribution in [-0.4, -0.2) is 41.2 Å². The fourth-order valence-corrected chi connectivity index (χ4v) is 5.34. The third-order valence-corrected chi connectivity index (χ3v) is 7.68. The minimum Gasteiger partial charge on any atom is -0.505 e. The number of rotatable bonds is 8. The molecule has 0 spiro atoms. The zero-order chi connectivity index (χ0) is 26.2. The Labute approximate surface area is 211 Å². The maximum absolute atomic E-state index is 13.4. The first-order chi connectivity index (χ1) is 17.0. The van der Waals surface area contributed by atoms with Gasteiger partial charge in [-0.15, -0.1) is 11.3 Å². The molecule has 0 saturated carbocycles. The number of primary amides is 1. The summed E-state index contributed by atoms with van der Waals surface area (Å²) in [5.74, 6) is -1.11. The number of nitrogens with one attached hydrogen (secondary N) is 1. The largest absolute Gasteiger partial charge is 0.505 e. The van der Waals surface area contributed by atoms with Crippen LogP contribution in [0.2, 0.25) is 0 Å². The molecule has 4 N–H and O–H groups in total. The second-order valence-electron chi connectivity index (χ2n) is 8.62. The maximum Gasteiger partial charge on any atom is 0.281 e. The first-order valence-corrected chi connectivity index (χ1v) is 13.4. The number of carbonyl (C=O) groups is 1. The van der Waals surface area contributed by atoms with Crippen molar-refractivity contribution in [3.63, 3.8) is 0 Å². The van der Waals surface area contributed by atoms with Gasteiger partial charge in [0.05, 0.1) is 10.6 Å². The van der Waals surface area contributed by atoms with Crippen molar-refractivity contribution in [3.05, 3.63) is 51.6 Å². The Bertz CT molecular complexity index is 1510. The molecule has 1 aliphatic heterocycles. The number of amides is 1. The number of hydrogen-bond acceptors (Lipinski definition) is 9. The molecule has 2 aromatic heterocycles. The van der Waals surface area contributed by atoms with Gasteiger partial charge in [-0.3, -0.25) is 14.3 Å². The van der Waals surface area contributed by atoms with Gasteiger partial charge in [0.2, 0.25) is 0 Å². The quantitative estimate of drug-likeness (QED) is 0.401. The first kappa shape index (κ1) is 25.4. The van der Waals surface area contributed by atoms with Crippen LogP contribution in [-0.2, 0) is 21.4 Å². The average Bonchev–Trinajstić information content (AvgIpc) is 3.33. The number of thiophene rings is 1. The predicted molar refractivity (Wildman–Crippen MR) is 135 cm³/mol. The number of aliphatic imine (C=N–C) groups is 1. The van der Waals surface area contributed by atoms with Gasteiger partial charge in [-0.25, -0.2) is 18.1 Å². The highest BCUT2D eigenvalue weighted by atomic mass is 32.2. The van der Waals surface area contributed by atoms with Crippen LogP contribution in [0.25, 0.3) is 10.6 Å². The number of aromatic nitrogens is 2.